The zero-order valence-electron chi connectivity index (χ0n) is 17.5. The fourth-order valence-electron chi connectivity index (χ4n) is 3.75. The smallest absolute Gasteiger partial charge is 0.264 e. The van der Waals surface area contributed by atoms with Crippen LogP contribution < -0.4 is 14.9 Å². The third kappa shape index (κ3) is 5.09. The average Bonchev–Trinajstić information content (AvgIpc) is 2.76. The molecule has 5 nitrogen and oxygen atoms in total. The summed E-state index contributed by atoms with van der Waals surface area (Å²) >= 11 is 17.3. The molecule has 2 N–H and O–H groups in total. The molecule has 0 spiro atoms. The Bertz CT molecular complexity index is 1320. The first kappa shape index (κ1) is 23.8. The van der Waals surface area contributed by atoms with Crippen LogP contribution in [0.2, 0.25) is 10.0 Å². The zero-order valence-corrected chi connectivity index (χ0v) is 20.6. The number of fused-ring (bicyclic) bond motifs is 1. The molecule has 0 bridgehead atoms. The zero-order chi connectivity index (χ0) is 23.8. The molecule has 3 aromatic rings. The summed E-state index contributed by atoms with van der Waals surface area (Å²) in [6.45, 7) is 1.85. The van der Waals surface area contributed by atoms with Crippen molar-refractivity contribution in [2.45, 2.75) is 30.7 Å². The van der Waals surface area contributed by atoms with E-state index in [-0.39, 0.29) is 16.8 Å². The lowest BCUT2D eigenvalue weighted by Gasteiger charge is -2.36. The van der Waals surface area contributed by atoms with E-state index in [1.54, 1.807) is 30.3 Å². The predicted molar refractivity (Wildman–Crippen MR) is 137 cm³/mol. The van der Waals surface area contributed by atoms with E-state index in [4.69, 9.17) is 35.4 Å². The summed E-state index contributed by atoms with van der Waals surface area (Å²) in [5.41, 5.74) is 2.48. The largest absolute Gasteiger partial charge is 0.332 e. The van der Waals surface area contributed by atoms with Crippen LogP contribution in [0.1, 0.15) is 18.9 Å². The van der Waals surface area contributed by atoms with Gasteiger partial charge in [-0.05, 0) is 98.2 Å². The van der Waals surface area contributed by atoms with Crippen LogP contribution in [0.3, 0.4) is 0 Å². The summed E-state index contributed by atoms with van der Waals surface area (Å²) in [5.74, 6) is -0.374. The molecule has 1 atom stereocenters. The fraction of sp³-hybridized carbons (Fsp3) is 0.174. The minimum Gasteiger partial charge on any atom is -0.332 e. The van der Waals surface area contributed by atoms with E-state index in [1.165, 1.54) is 34.6 Å². The van der Waals surface area contributed by atoms with E-state index in [2.05, 4.69) is 10.6 Å². The lowest BCUT2D eigenvalue weighted by Crippen LogP contribution is -2.42. The van der Waals surface area contributed by atoms with Gasteiger partial charge in [-0.3, -0.25) is 4.31 Å². The van der Waals surface area contributed by atoms with Gasteiger partial charge in [-0.25, -0.2) is 12.8 Å². The number of anilines is 3. The quantitative estimate of drug-likeness (QED) is 0.383. The highest BCUT2D eigenvalue weighted by Crippen LogP contribution is 2.36. The molecular formula is C23H20Cl2FN3O2S2. The average molecular weight is 524 g/mol. The summed E-state index contributed by atoms with van der Waals surface area (Å²) < 4.78 is 41.9. The first-order chi connectivity index (χ1) is 15.6. The summed E-state index contributed by atoms with van der Waals surface area (Å²) in [6.07, 6.45) is 1.25. The highest BCUT2D eigenvalue weighted by atomic mass is 35.5. The summed E-state index contributed by atoms with van der Waals surface area (Å²) in [5, 5.41) is 7.15. The van der Waals surface area contributed by atoms with Gasteiger partial charge in [0.25, 0.3) is 10.0 Å². The Labute approximate surface area is 207 Å². The molecule has 3 aromatic carbocycles. The Balaban J connectivity index is 1.52. The molecular weight excluding hydrogens is 504 g/mol. The van der Waals surface area contributed by atoms with Gasteiger partial charge in [0.05, 0.1) is 20.6 Å². The fourth-order valence-corrected chi connectivity index (χ4v) is 6.00. The maximum atomic E-state index is 13.7. The van der Waals surface area contributed by atoms with Crippen LogP contribution in [0.25, 0.3) is 0 Å². The van der Waals surface area contributed by atoms with Crippen molar-refractivity contribution in [1.29, 1.82) is 0 Å². The van der Waals surface area contributed by atoms with E-state index in [0.717, 1.165) is 0 Å². The van der Waals surface area contributed by atoms with Crippen molar-refractivity contribution in [2.75, 3.05) is 14.9 Å². The number of halogens is 3. The second kappa shape index (κ2) is 9.46. The van der Waals surface area contributed by atoms with Gasteiger partial charge in [0, 0.05) is 17.4 Å². The number of thiocarbonyl (C=S) groups is 1. The van der Waals surface area contributed by atoms with Gasteiger partial charge in [-0.15, -0.1) is 0 Å². The third-order valence-corrected chi connectivity index (χ3v) is 8.24. The highest BCUT2D eigenvalue weighted by molar-refractivity contribution is 7.92. The van der Waals surface area contributed by atoms with Gasteiger partial charge in [0.2, 0.25) is 0 Å². The molecule has 0 saturated heterocycles. The summed E-state index contributed by atoms with van der Waals surface area (Å²) in [4.78, 5) is 0.139. The number of aryl methyl sites for hydroxylation is 1. The van der Waals surface area contributed by atoms with Crippen molar-refractivity contribution in [1.82, 2.24) is 0 Å². The molecule has 1 heterocycles. The molecule has 0 aliphatic carbocycles. The first-order valence-corrected chi connectivity index (χ1v) is 12.7. The highest BCUT2D eigenvalue weighted by Gasteiger charge is 2.34. The second-order valence-corrected chi connectivity index (χ2v) is 10.7. The number of benzene rings is 3. The summed E-state index contributed by atoms with van der Waals surface area (Å²) in [6, 6.07) is 15.3. The van der Waals surface area contributed by atoms with E-state index in [9.17, 15) is 12.8 Å². The molecule has 0 unspecified atom stereocenters. The van der Waals surface area contributed by atoms with Gasteiger partial charge in [-0.2, -0.15) is 0 Å². The molecule has 0 radical (unpaired) electrons. The first-order valence-electron chi connectivity index (χ1n) is 10.1. The van der Waals surface area contributed by atoms with Crippen molar-refractivity contribution in [3.63, 3.8) is 0 Å². The van der Waals surface area contributed by atoms with Crippen LogP contribution in [0.5, 0.6) is 0 Å². The van der Waals surface area contributed by atoms with Crippen LogP contribution in [-0.4, -0.2) is 19.6 Å². The predicted octanol–water partition coefficient (Wildman–Crippen LogP) is 6.47. The molecule has 1 aliphatic heterocycles. The summed E-state index contributed by atoms with van der Waals surface area (Å²) in [7, 11) is -3.83. The molecule has 172 valence electrons. The molecule has 0 amide bonds. The van der Waals surface area contributed by atoms with E-state index in [1.807, 2.05) is 6.92 Å². The van der Waals surface area contributed by atoms with Crippen LogP contribution in [0.4, 0.5) is 21.5 Å². The van der Waals surface area contributed by atoms with Gasteiger partial charge in [-0.1, -0.05) is 23.2 Å². The van der Waals surface area contributed by atoms with Crippen molar-refractivity contribution >= 4 is 67.6 Å². The Kier molecular flexibility index (Phi) is 6.81. The van der Waals surface area contributed by atoms with E-state index in [0.29, 0.717) is 50.6 Å². The molecule has 4 rings (SSSR count). The SMILES string of the molecule is C[C@@H]1CCc2cc(F)ccc2N1S(=O)(=O)c1ccc(NC(=S)Nc2ccc(Cl)c(Cl)c2)cc1. The maximum absolute atomic E-state index is 13.7. The second-order valence-electron chi connectivity index (χ2n) is 7.69. The van der Waals surface area contributed by atoms with Crippen molar-refractivity contribution < 1.29 is 12.8 Å². The monoisotopic (exact) mass is 523 g/mol. The normalized spacial score (nSPS) is 15.6. The molecule has 0 saturated carbocycles. The molecule has 10 heteroatoms. The van der Waals surface area contributed by atoms with Crippen LogP contribution in [0.15, 0.2) is 65.6 Å². The lowest BCUT2D eigenvalue weighted by molar-refractivity contribution is 0.560. The van der Waals surface area contributed by atoms with E-state index >= 15 is 0 Å². The molecule has 33 heavy (non-hydrogen) atoms. The van der Waals surface area contributed by atoms with Crippen LogP contribution >= 0.6 is 35.4 Å². The van der Waals surface area contributed by atoms with Crippen molar-refractivity contribution in [3.8, 4) is 0 Å². The topological polar surface area (TPSA) is 61.4 Å². The number of nitrogens with one attached hydrogen (secondary N) is 2. The minimum absolute atomic E-state index is 0.139. The molecule has 1 aliphatic rings. The Hall–Kier alpha value is -2.39. The van der Waals surface area contributed by atoms with Gasteiger partial charge >= 0.3 is 0 Å². The number of hydrogen-bond acceptors (Lipinski definition) is 3. The minimum atomic E-state index is -3.83. The van der Waals surface area contributed by atoms with Gasteiger partial charge in [0.1, 0.15) is 5.82 Å². The maximum Gasteiger partial charge on any atom is 0.264 e. The Morgan fingerprint density at radius 2 is 1.67 bits per heavy atom. The Morgan fingerprint density at radius 1 is 1.00 bits per heavy atom. The van der Waals surface area contributed by atoms with Crippen molar-refractivity contribution in [3.05, 3.63) is 82.1 Å². The molecule has 0 aromatic heterocycles. The van der Waals surface area contributed by atoms with E-state index < -0.39 is 10.0 Å². The Morgan fingerprint density at radius 3 is 2.36 bits per heavy atom. The van der Waals surface area contributed by atoms with Crippen LogP contribution in [-0.2, 0) is 16.4 Å². The number of rotatable bonds is 4. The number of sulfonamides is 1. The van der Waals surface area contributed by atoms with Crippen molar-refractivity contribution in [2.24, 2.45) is 0 Å². The molecule has 0 fully saturated rings. The third-order valence-electron chi connectivity index (χ3n) is 5.36. The van der Waals surface area contributed by atoms with Crippen LogP contribution in [0, 0.1) is 5.82 Å². The van der Waals surface area contributed by atoms with Gasteiger partial charge in [0.15, 0.2) is 5.11 Å². The van der Waals surface area contributed by atoms with Gasteiger partial charge < -0.3 is 10.6 Å². The number of hydrogen-bond donors (Lipinski definition) is 2. The number of nitrogens with zero attached hydrogens (tertiary/aromatic N) is 1. The lowest BCUT2D eigenvalue weighted by atomic mass is 9.99. The standard InChI is InChI=1S/C23H20Cl2FN3O2S2/c1-14-2-3-15-12-16(26)4-11-22(15)29(14)33(30,31)19-8-5-17(6-9-19)27-23(32)28-18-7-10-20(24)21(25)13-18/h4-14H,2-3H2,1H3,(H2,27,28,32)/t14-/m1/s1.